The molecule has 3 atom stereocenters. The first-order valence-electron chi connectivity index (χ1n) is 10.6. The van der Waals surface area contributed by atoms with E-state index in [4.69, 9.17) is 4.74 Å². The van der Waals surface area contributed by atoms with E-state index in [1.54, 1.807) is 18.3 Å². The van der Waals surface area contributed by atoms with E-state index in [1.807, 2.05) is 4.68 Å². The Balaban J connectivity index is 1.26. The van der Waals surface area contributed by atoms with Crippen molar-refractivity contribution in [1.29, 1.82) is 0 Å². The van der Waals surface area contributed by atoms with Crippen molar-refractivity contribution < 1.29 is 14.6 Å². The molecule has 1 saturated carbocycles. The number of carbonyl (C=O) groups excluding carboxylic acids is 1. The van der Waals surface area contributed by atoms with Crippen LogP contribution in [0.4, 0.5) is 0 Å². The van der Waals surface area contributed by atoms with Crippen LogP contribution >= 0.6 is 0 Å². The van der Waals surface area contributed by atoms with Crippen molar-refractivity contribution in [2.45, 2.75) is 75.7 Å². The van der Waals surface area contributed by atoms with Crippen LogP contribution in [-0.4, -0.2) is 55.8 Å². The van der Waals surface area contributed by atoms with Crippen molar-refractivity contribution >= 4 is 5.91 Å². The Morgan fingerprint density at radius 1 is 1.28 bits per heavy atom. The lowest BCUT2D eigenvalue weighted by Gasteiger charge is -2.36. The van der Waals surface area contributed by atoms with Gasteiger partial charge in [-0.2, -0.15) is 0 Å². The number of aryl methyl sites for hydroxylation is 1. The van der Waals surface area contributed by atoms with Crippen LogP contribution in [0.1, 0.15) is 66.9 Å². The molecule has 0 spiro atoms. The normalized spacial score (nSPS) is 25.2. The number of carbonyl (C=O) groups is 1. The van der Waals surface area contributed by atoms with Gasteiger partial charge in [0.25, 0.3) is 5.91 Å². The summed E-state index contributed by atoms with van der Waals surface area (Å²) in [6.07, 6.45) is 12.3. The van der Waals surface area contributed by atoms with Gasteiger partial charge in [-0.3, -0.25) is 14.5 Å². The van der Waals surface area contributed by atoms with Crippen LogP contribution in [0, 0.1) is 0 Å². The molecule has 4 rings (SSSR count). The maximum Gasteiger partial charge on any atom is 0.253 e. The zero-order chi connectivity index (χ0) is 20.1. The molecule has 2 fully saturated rings. The van der Waals surface area contributed by atoms with Gasteiger partial charge in [0, 0.05) is 31.1 Å². The maximum atomic E-state index is 12.4. The van der Waals surface area contributed by atoms with Crippen LogP contribution in [0.5, 0.6) is 0 Å². The second-order valence-electron chi connectivity index (χ2n) is 8.05. The second-order valence-corrected chi connectivity index (χ2v) is 8.05. The van der Waals surface area contributed by atoms with Gasteiger partial charge in [-0.05, 0) is 44.2 Å². The first kappa shape index (κ1) is 20.0. The fraction of sp³-hybridized carbons (Fsp3) is 0.619. The largest absolute Gasteiger partial charge is 0.394 e. The summed E-state index contributed by atoms with van der Waals surface area (Å²) >= 11 is 0. The lowest BCUT2D eigenvalue weighted by molar-refractivity contribution is -0.0912. The van der Waals surface area contributed by atoms with E-state index in [0.717, 1.165) is 31.5 Å². The van der Waals surface area contributed by atoms with Gasteiger partial charge in [0.1, 0.15) is 6.10 Å². The molecule has 0 unspecified atom stereocenters. The minimum Gasteiger partial charge on any atom is -0.394 e. The smallest absolute Gasteiger partial charge is 0.253 e. The number of rotatable bonds is 7. The monoisotopic (exact) mass is 399 g/mol. The van der Waals surface area contributed by atoms with Crippen molar-refractivity contribution in [2.24, 2.45) is 0 Å². The molecule has 2 aliphatic rings. The van der Waals surface area contributed by atoms with Crippen LogP contribution in [0.25, 0.3) is 0 Å². The highest BCUT2D eigenvalue weighted by molar-refractivity contribution is 5.94. The molecule has 8 heteroatoms. The van der Waals surface area contributed by atoms with Crippen LogP contribution in [0.3, 0.4) is 0 Å². The zero-order valence-electron chi connectivity index (χ0n) is 16.6. The van der Waals surface area contributed by atoms with Gasteiger partial charge < -0.3 is 15.2 Å². The van der Waals surface area contributed by atoms with E-state index < -0.39 is 6.10 Å². The molecule has 0 radical (unpaired) electrons. The highest BCUT2D eigenvalue weighted by Crippen LogP contribution is 2.32. The molecule has 1 aliphatic carbocycles. The lowest BCUT2D eigenvalue weighted by atomic mass is 9.97. The SMILES string of the molecule is O=C(N[C@@H]1CC[C@H](CCn2cc(C3CCCC3)nn2)O[C@@H]1CO)c1cccnc1. The number of aromatic nitrogens is 4. The Morgan fingerprint density at radius 3 is 2.90 bits per heavy atom. The summed E-state index contributed by atoms with van der Waals surface area (Å²) in [4.78, 5) is 16.3. The van der Waals surface area contributed by atoms with Crippen LogP contribution < -0.4 is 5.32 Å². The summed E-state index contributed by atoms with van der Waals surface area (Å²) in [5, 5.41) is 21.3. The van der Waals surface area contributed by atoms with E-state index in [2.05, 4.69) is 26.8 Å². The summed E-state index contributed by atoms with van der Waals surface area (Å²) in [7, 11) is 0. The molecule has 0 bridgehead atoms. The number of aliphatic hydroxyl groups is 1. The molecule has 8 nitrogen and oxygen atoms in total. The molecule has 1 aliphatic heterocycles. The van der Waals surface area contributed by atoms with E-state index in [1.165, 1.54) is 31.9 Å². The topological polar surface area (TPSA) is 102 Å². The van der Waals surface area contributed by atoms with Gasteiger partial charge in [0.2, 0.25) is 0 Å². The van der Waals surface area contributed by atoms with Gasteiger partial charge in [-0.25, -0.2) is 0 Å². The van der Waals surface area contributed by atoms with Crippen molar-refractivity contribution in [2.75, 3.05) is 6.61 Å². The number of hydrogen-bond acceptors (Lipinski definition) is 6. The molecule has 156 valence electrons. The first-order valence-corrected chi connectivity index (χ1v) is 10.6. The number of aliphatic hydroxyl groups excluding tert-OH is 1. The maximum absolute atomic E-state index is 12.4. The molecule has 3 heterocycles. The van der Waals surface area contributed by atoms with Gasteiger partial charge in [0.05, 0.1) is 30.0 Å². The van der Waals surface area contributed by atoms with E-state index >= 15 is 0 Å². The Hall–Kier alpha value is -2.32. The van der Waals surface area contributed by atoms with Crippen molar-refractivity contribution in [3.05, 3.63) is 42.0 Å². The fourth-order valence-corrected chi connectivity index (χ4v) is 4.37. The summed E-state index contributed by atoms with van der Waals surface area (Å²) in [6, 6.07) is 3.25. The van der Waals surface area contributed by atoms with Gasteiger partial charge in [0.15, 0.2) is 0 Å². The van der Waals surface area contributed by atoms with Crippen molar-refractivity contribution in [3.8, 4) is 0 Å². The van der Waals surface area contributed by atoms with E-state index in [-0.39, 0.29) is 24.7 Å². The molecule has 1 saturated heterocycles. The third kappa shape index (κ3) is 5.00. The van der Waals surface area contributed by atoms with Crippen molar-refractivity contribution in [3.63, 3.8) is 0 Å². The van der Waals surface area contributed by atoms with E-state index in [9.17, 15) is 9.90 Å². The minimum absolute atomic E-state index is 0.0397. The molecule has 0 aromatic carbocycles. The zero-order valence-corrected chi connectivity index (χ0v) is 16.6. The Labute approximate surface area is 170 Å². The summed E-state index contributed by atoms with van der Waals surface area (Å²) in [5.41, 5.74) is 1.62. The Morgan fingerprint density at radius 2 is 2.14 bits per heavy atom. The molecular weight excluding hydrogens is 370 g/mol. The van der Waals surface area contributed by atoms with Gasteiger partial charge in [-0.1, -0.05) is 18.1 Å². The Bertz CT molecular complexity index is 791. The number of nitrogens with zero attached hydrogens (tertiary/aromatic N) is 4. The highest BCUT2D eigenvalue weighted by Gasteiger charge is 2.32. The quantitative estimate of drug-likeness (QED) is 0.739. The van der Waals surface area contributed by atoms with Crippen LogP contribution in [-0.2, 0) is 11.3 Å². The van der Waals surface area contributed by atoms with Crippen LogP contribution in [0.2, 0.25) is 0 Å². The van der Waals surface area contributed by atoms with Gasteiger partial charge in [-0.15, -0.1) is 5.10 Å². The third-order valence-corrected chi connectivity index (χ3v) is 6.05. The summed E-state index contributed by atoms with van der Waals surface area (Å²) in [6.45, 7) is 0.624. The molecule has 2 aromatic heterocycles. The summed E-state index contributed by atoms with van der Waals surface area (Å²) in [5.74, 6) is 0.378. The standard InChI is InChI=1S/C21H29N5O3/c27-14-20-18(23-21(28)16-6-3-10-22-12-16)8-7-17(29-20)9-11-26-13-19(24-25-26)15-4-1-2-5-15/h3,6,10,12-13,15,17-18,20,27H,1-2,4-5,7-9,11,14H2,(H,23,28)/t17-,18-,20-/m1/s1. The highest BCUT2D eigenvalue weighted by atomic mass is 16.5. The minimum atomic E-state index is -0.404. The molecule has 29 heavy (non-hydrogen) atoms. The third-order valence-electron chi connectivity index (χ3n) is 6.05. The molecule has 1 amide bonds. The number of nitrogens with one attached hydrogen (secondary N) is 1. The average molecular weight is 399 g/mol. The summed E-state index contributed by atoms with van der Waals surface area (Å²) < 4.78 is 7.98. The lowest BCUT2D eigenvalue weighted by Crippen LogP contribution is -2.51. The molecule has 2 aromatic rings. The molecule has 2 N–H and O–H groups in total. The average Bonchev–Trinajstić information content (AvgIpc) is 3.45. The second kappa shape index (κ2) is 9.45. The number of ether oxygens (including phenoxy) is 1. The number of pyridine rings is 1. The van der Waals surface area contributed by atoms with Crippen molar-refractivity contribution in [1.82, 2.24) is 25.3 Å². The fourth-order valence-electron chi connectivity index (χ4n) is 4.37. The number of amides is 1. The van der Waals surface area contributed by atoms with Crippen LogP contribution in [0.15, 0.2) is 30.7 Å². The predicted octanol–water partition coefficient (Wildman–Crippen LogP) is 2.06. The number of hydrogen-bond donors (Lipinski definition) is 2. The Kier molecular flexibility index (Phi) is 6.51. The van der Waals surface area contributed by atoms with Gasteiger partial charge >= 0.3 is 0 Å². The molecular formula is C21H29N5O3. The first-order chi connectivity index (χ1) is 14.2. The van der Waals surface area contributed by atoms with E-state index in [0.29, 0.717) is 11.5 Å². The predicted molar refractivity (Wildman–Crippen MR) is 106 cm³/mol.